The van der Waals surface area contributed by atoms with Gasteiger partial charge >= 0.3 is 6.03 Å². The van der Waals surface area contributed by atoms with Crippen molar-refractivity contribution < 1.29 is 9.53 Å². The van der Waals surface area contributed by atoms with Crippen LogP contribution in [0.25, 0.3) is 0 Å². The Hall–Kier alpha value is -1.59. The highest BCUT2D eigenvalue weighted by Gasteiger charge is 2.26. The molecule has 1 atom stereocenters. The molecule has 5 nitrogen and oxygen atoms in total. The Morgan fingerprint density at radius 2 is 2.04 bits per heavy atom. The van der Waals surface area contributed by atoms with Crippen LogP contribution in [-0.4, -0.2) is 68.8 Å². The summed E-state index contributed by atoms with van der Waals surface area (Å²) >= 11 is 0. The zero-order valence-corrected chi connectivity index (χ0v) is 17.0. The van der Waals surface area contributed by atoms with Crippen molar-refractivity contribution in [3.8, 4) is 0 Å². The standard InChI is InChI=1S/C22H35N3O2/c1-18-5-3-6-20(15-18)21-7-4-10-25(17-21)22(26)23-16-19-8-11-24(12-9-19)13-14-27-2/h3,5-6,15,19,21H,4,7-14,16-17H2,1-2H3,(H,23,26)/t21-/m1/s1. The maximum atomic E-state index is 12.7. The van der Waals surface area contributed by atoms with Gasteiger partial charge in [0.2, 0.25) is 0 Å². The quantitative estimate of drug-likeness (QED) is 0.833. The first-order valence-corrected chi connectivity index (χ1v) is 10.5. The third kappa shape index (κ3) is 5.94. The van der Waals surface area contributed by atoms with Crippen molar-refractivity contribution in [2.45, 2.75) is 38.5 Å². The van der Waals surface area contributed by atoms with Crippen molar-refractivity contribution in [2.24, 2.45) is 5.92 Å². The molecule has 0 unspecified atom stereocenters. The minimum Gasteiger partial charge on any atom is -0.383 e. The van der Waals surface area contributed by atoms with E-state index >= 15 is 0 Å². The largest absolute Gasteiger partial charge is 0.383 e. The number of urea groups is 1. The second kappa shape index (κ2) is 10.1. The summed E-state index contributed by atoms with van der Waals surface area (Å²) < 4.78 is 5.16. The third-order valence-corrected chi connectivity index (χ3v) is 6.08. The first-order chi connectivity index (χ1) is 13.2. The number of nitrogens with zero attached hydrogens (tertiary/aromatic N) is 2. The Labute approximate surface area is 164 Å². The first-order valence-electron chi connectivity index (χ1n) is 10.5. The number of aryl methyl sites for hydroxylation is 1. The van der Waals surface area contributed by atoms with Crippen LogP contribution in [0.4, 0.5) is 4.79 Å². The van der Waals surface area contributed by atoms with E-state index in [4.69, 9.17) is 4.74 Å². The zero-order chi connectivity index (χ0) is 19.1. The molecule has 0 aromatic heterocycles. The van der Waals surface area contributed by atoms with Crippen LogP contribution in [0.3, 0.4) is 0 Å². The summed E-state index contributed by atoms with van der Waals surface area (Å²) in [5, 5.41) is 3.21. The molecule has 2 saturated heterocycles. The Bertz CT molecular complexity index is 599. The Kier molecular flexibility index (Phi) is 7.53. The molecular weight excluding hydrogens is 338 g/mol. The fourth-order valence-electron chi connectivity index (χ4n) is 4.34. The van der Waals surface area contributed by atoms with Crippen LogP contribution in [0.5, 0.6) is 0 Å². The maximum Gasteiger partial charge on any atom is 0.317 e. The van der Waals surface area contributed by atoms with E-state index in [2.05, 4.69) is 41.4 Å². The van der Waals surface area contributed by atoms with E-state index in [0.29, 0.717) is 11.8 Å². The molecule has 27 heavy (non-hydrogen) atoms. The molecule has 0 bridgehead atoms. The molecule has 3 rings (SSSR count). The average Bonchev–Trinajstić information content (AvgIpc) is 2.71. The number of ether oxygens (including phenoxy) is 1. The molecule has 150 valence electrons. The van der Waals surface area contributed by atoms with E-state index in [1.54, 1.807) is 7.11 Å². The molecule has 2 amide bonds. The van der Waals surface area contributed by atoms with Gasteiger partial charge in [0.1, 0.15) is 0 Å². The van der Waals surface area contributed by atoms with Crippen molar-refractivity contribution >= 4 is 6.03 Å². The fraction of sp³-hybridized carbons (Fsp3) is 0.682. The van der Waals surface area contributed by atoms with Gasteiger partial charge in [-0.05, 0) is 57.2 Å². The van der Waals surface area contributed by atoms with Crippen molar-refractivity contribution in [1.82, 2.24) is 15.1 Å². The van der Waals surface area contributed by atoms with Crippen LogP contribution in [0.2, 0.25) is 0 Å². The molecule has 2 aliphatic heterocycles. The molecule has 0 spiro atoms. The molecule has 1 N–H and O–H groups in total. The predicted octanol–water partition coefficient (Wildman–Crippen LogP) is 3.24. The predicted molar refractivity (Wildman–Crippen MR) is 109 cm³/mol. The number of benzene rings is 1. The average molecular weight is 374 g/mol. The minimum atomic E-state index is 0.120. The van der Waals surface area contributed by atoms with E-state index in [9.17, 15) is 4.79 Å². The van der Waals surface area contributed by atoms with Crippen molar-refractivity contribution in [1.29, 1.82) is 0 Å². The third-order valence-electron chi connectivity index (χ3n) is 6.08. The van der Waals surface area contributed by atoms with E-state index in [1.807, 2.05) is 4.90 Å². The maximum absolute atomic E-state index is 12.7. The van der Waals surface area contributed by atoms with Crippen LogP contribution in [0.1, 0.15) is 42.7 Å². The summed E-state index contributed by atoms with van der Waals surface area (Å²) in [7, 11) is 1.76. The van der Waals surface area contributed by atoms with Gasteiger partial charge in [-0.15, -0.1) is 0 Å². The van der Waals surface area contributed by atoms with Gasteiger partial charge in [0.15, 0.2) is 0 Å². The number of hydrogen-bond acceptors (Lipinski definition) is 3. The summed E-state index contributed by atoms with van der Waals surface area (Å²) in [4.78, 5) is 17.2. The Balaban J connectivity index is 1.42. The van der Waals surface area contributed by atoms with Crippen molar-refractivity contribution in [2.75, 3.05) is 53.0 Å². The van der Waals surface area contributed by atoms with Crippen molar-refractivity contribution in [3.63, 3.8) is 0 Å². The van der Waals surface area contributed by atoms with Crippen LogP contribution in [0, 0.1) is 12.8 Å². The molecule has 1 aromatic carbocycles. The first kappa shape index (κ1) is 20.2. The van der Waals surface area contributed by atoms with Gasteiger partial charge in [-0.2, -0.15) is 0 Å². The molecule has 0 aliphatic carbocycles. The smallest absolute Gasteiger partial charge is 0.317 e. The number of likely N-dealkylation sites (tertiary alicyclic amines) is 2. The number of hydrogen-bond donors (Lipinski definition) is 1. The van der Waals surface area contributed by atoms with Gasteiger partial charge in [-0.1, -0.05) is 29.8 Å². The second-order valence-electron chi connectivity index (χ2n) is 8.16. The molecule has 0 saturated carbocycles. The van der Waals surface area contributed by atoms with E-state index in [1.165, 1.54) is 17.5 Å². The number of rotatable bonds is 6. The van der Waals surface area contributed by atoms with Crippen LogP contribution >= 0.6 is 0 Å². The van der Waals surface area contributed by atoms with Gasteiger partial charge in [0, 0.05) is 39.2 Å². The molecule has 5 heteroatoms. The molecule has 2 heterocycles. The lowest BCUT2D eigenvalue weighted by atomic mass is 9.90. The molecule has 2 fully saturated rings. The van der Waals surface area contributed by atoms with Gasteiger partial charge in [-0.3, -0.25) is 0 Å². The second-order valence-corrected chi connectivity index (χ2v) is 8.16. The number of nitrogens with one attached hydrogen (secondary N) is 1. The summed E-state index contributed by atoms with van der Waals surface area (Å²) in [5.74, 6) is 1.07. The number of piperidine rings is 2. The summed E-state index contributed by atoms with van der Waals surface area (Å²) in [6, 6.07) is 8.86. The highest BCUT2D eigenvalue weighted by molar-refractivity contribution is 5.74. The van der Waals surface area contributed by atoms with Crippen LogP contribution in [0.15, 0.2) is 24.3 Å². The van der Waals surface area contributed by atoms with E-state index < -0.39 is 0 Å². The Morgan fingerprint density at radius 3 is 2.78 bits per heavy atom. The number of carbonyl (C=O) groups excluding carboxylic acids is 1. The van der Waals surface area contributed by atoms with Crippen LogP contribution in [-0.2, 0) is 4.74 Å². The van der Waals surface area contributed by atoms with Gasteiger partial charge in [0.25, 0.3) is 0 Å². The minimum absolute atomic E-state index is 0.120. The van der Waals surface area contributed by atoms with Gasteiger partial charge in [-0.25, -0.2) is 4.79 Å². The summed E-state index contributed by atoms with van der Waals surface area (Å²) in [5.41, 5.74) is 2.67. The summed E-state index contributed by atoms with van der Waals surface area (Å²) in [6.07, 6.45) is 4.59. The van der Waals surface area contributed by atoms with Gasteiger partial charge in [0.05, 0.1) is 6.61 Å². The fourth-order valence-corrected chi connectivity index (χ4v) is 4.34. The lowest BCUT2D eigenvalue weighted by Crippen LogP contribution is -2.47. The van der Waals surface area contributed by atoms with Crippen LogP contribution < -0.4 is 5.32 Å². The summed E-state index contributed by atoms with van der Waals surface area (Å²) in [6.45, 7) is 8.71. The molecule has 0 radical (unpaired) electrons. The van der Waals surface area contributed by atoms with E-state index in [0.717, 1.165) is 65.1 Å². The molecular formula is C22H35N3O2. The highest BCUT2D eigenvalue weighted by Crippen LogP contribution is 2.27. The number of carbonyl (C=O) groups is 1. The SMILES string of the molecule is COCCN1CCC(CNC(=O)N2CCC[C@@H](c3cccc(C)c3)C2)CC1. The number of methoxy groups -OCH3 is 1. The monoisotopic (exact) mass is 373 g/mol. The van der Waals surface area contributed by atoms with E-state index in [-0.39, 0.29) is 6.03 Å². The number of amides is 2. The van der Waals surface area contributed by atoms with Crippen molar-refractivity contribution in [3.05, 3.63) is 35.4 Å². The topological polar surface area (TPSA) is 44.8 Å². The normalized spacial score (nSPS) is 22.0. The molecule has 1 aromatic rings. The van der Waals surface area contributed by atoms with Gasteiger partial charge < -0.3 is 19.9 Å². The zero-order valence-electron chi connectivity index (χ0n) is 17.0. The lowest BCUT2D eigenvalue weighted by molar-refractivity contribution is 0.119. The Morgan fingerprint density at radius 1 is 1.22 bits per heavy atom. The highest BCUT2D eigenvalue weighted by atomic mass is 16.5. The lowest BCUT2D eigenvalue weighted by Gasteiger charge is -2.35. The molecule has 2 aliphatic rings.